The van der Waals surface area contributed by atoms with E-state index in [1.165, 1.54) is 0 Å². The topological polar surface area (TPSA) is 60.0 Å². The molecule has 3 rings (SSSR count). The van der Waals surface area contributed by atoms with Crippen LogP contribution in [0.4, 0.5) is 5.69 Å². The van der Waals surface area contributed by atoms with Gasteiger partial charge < -0.3 is 19.5 Å². The van der Waals surface area contributed by atoms with Crippen molar-refractivity contribution < 1.29 is 19.0 Å². The van der Waals surface area contributed by atoms with Gasteiger partial charge in [0, 0.05) is 16.6 Å². The molecule has 0 bridgehead atoms. The molecule has 1 aliphatic rings. The van der Waals surface area contributed by atoms with E-state index in [0.29, 0.717) is 22.2 Å². The van der Waals surface area contributed by atoms with E-state index < -0.39 is 0 Å². The summed E-state index contributed by atoms with van der Waals surface area (Å²) in [6.45, 7) is 7.59. The van der Waals surface area contributed by atoms with Crippen LogP contribution in [-0.4, -0.2) is 31.4 Å². The molecule has 0 fully saturated rings. The molecule has 8 heteroatoms. The molecule has 160 valence electrons. The predicted molar refractivity (Wildman–Crippen MR) is 123 cm³/mol. The summed E-state index contributed by atoms with van der Waals surface area (Å²) in [4.78, 5) is 16.0. The summed E-state index contributed by atoms with van der Waals surface area (Å²) in [7, 11) is 3.17. The third-order valence-electron chi connectivity index (χ3n) is 4.84. The number of hydrogen-bond acceptors (Lipinski definition) is 6. The molecule has 1 atom stereocenters. The lowest BCUT2D eigenvalue weighted by Crippen LogP contribution is -2.48. The van der Waals surface area contributed by atoms with Gasteiger partial charge in [-0.25, -0.2) is 4.79 Å². The van der Waals surface area contributed by atoms with Crippen molar-refractivity contribution in [2.45, 2.75) is 39.8 Å². The van der Waals surface area contributed by atoms with Gasteiger partial charge in [0.2, 0.25) is 0 Å². The maximum Gasteiger partial charge on any atom is 0.338 e. The number of ether oxygens (including phenoxy) is 3. The maximum atomic E-state index is 13.1. The van der Waals surface area contributed by atoms with Crippen LogP contribution in [0, 0.1) is 6.92 Å². The SMILES string of the molecule is COc1ccc(N2C(=S)N[C@@H](c3sccc3C)C(C(=O)OC(C)C)=C2C)cc1OC. The number of rotatable bonds is 6. The van der Waals surface area contributed by atoms with Crippen LogP contribution in [0.15, 0.2) is 40.9 Å². The molecule has 1 aromatic carbocycles. The van der Waals surface area contributed by atoms with Gasteiger partial charge >= 0.3 is 5.97 Å². The summed E-state index contributed by atoms with van der Waals surface area (Å²) in [5.74, 6) is 0.833. The number of thiophene rings is 1. The van der Waals surface area contributed by atoms with Crippen LogP contribution >= 0.6 is 23.6 Å². The number of benzene rings is 1. The van der Waals surface area contributed by atoms with Crippen molar-refractivity contribution in [1.82, 2.24) is 5.32 Å². The average molecular weight is 447 g/mol. The molecule has 0 aliphatic carbocycles. The first kappa shape index (κ1) is 22.1. The second-order valence-corrected chi connectivity index (χ2v) is 8.51. The standard InChI is InChI=1S/C22H26N2O4S2/c1-12(2)28-21(25)18-14(4)24(15-7-8-16(26-5)17(11-15)27-6)22(29)23-19(18)20-13(3)9-10-30-20/h7-12,19H,1-6H3,(H,23,29)/t19-/m1/s1. The van der Waals surface area contributed by atoms with Crippen molar-refractivity contribution >= 4 is 40.3 Å². The molecule has 1 aliphatic heterocycles. The summed E-state index contributed by atoms with van der Waals surface area (Å²) in [5, 5.41) is 5.86. The van der Waals surface area contributed by atoms with Crippen molar-refractivity contribution in [2.75, 3.05) is 19.1 Å². The Morgan fingerprint density at radius 1 is 1.17 bits per heavy atom. The number of anilines is 1. The summed E-state index contributed by atoms with van der Waals surface area (Å²) >= 11 is 7.30. The molecule has 2 heterocycles. The Hall–Kier alpha value is -2.58. The summed E-state index contributed by atoms with van der Waals surface area (Å²) in [6.07, 6.45) is -0.230. The van der Waals surface area contributed by atoms with Gasteiger partial charge in [-0.3, -0.25) is 4.90 Å². The first-order valence-electron chi connectivity index (χ1n) is 9.56. The van der Waals surface area contributed by atoms with E-state index in [1.807, 2.05) is 62.2 Å². The second kappa shape index (κ2) is 9.06. The smallest absolute Gasteiger partial charge is 0.338 e. The molecule has 0 spiro atoms. The Kier molecular flexibility index (Phi) is 6.67. The number of nitrogens with zero attached hydrogens (tertiary/aromatic N) is 1. The summed E-state index contributed by atoms with van der Waals surface area (Å²) in [5.41, 5.74) is 3.12. The van der Waals surface area contributed by atoms with E-state index in [1.54, 1.807) is 25.6 Å². The highest BCUT2D eigenvalue weighted by Gasteiger charge is 2.37. The van der Waals surface area contributed by atoms with Crippen LogP contribution in [-0.2, 0) is 9.53 Å². The molecule has 0 saturated heterocycles. The number of allylic oxidation sites excluding steroid dienone is 1. The third-order valence-corrected chi connectivity index (χ3v) is 6.22. The van der Waals surface area contributed by atoms with E-state index in [2.05, 4.69) is 5.32 Å². The predicted octanol–water partition coefficient (Wildman–Crippen LogP) is 4.74. The molecule has 0 saturated carbocycles. The average Bonchev–Trinajstić information content (AvgIpc) is 3.12. The van der Waals surface area contributed by atoms with Gasteiger partial charge in [0.05, 0.1) is 37.6 Å². The number of carbonyl (C=O) groups is 1. The minimum Gasteiger partial charge on any atom is -0.493 e. The van der Waals surface area contributed by atoms with E-state index in [9.17, 15) is 4.79 Å². The van der Waals surface area contributed by atoms with Crippen molar-refractivity contribution in [3.8, 4) is 11.5 Å². The Bertz CT molecular complexity index is 997. The number of carbonyl (C=O) groups excluding carboxylic acids is 1. The van der Waals surface area contributed by atoms with E-state index in [-0.39, 0.29) is 18.1 Å². The summed E-state index contributed by atoms with van der Waals surface area (Å²) < 4.78 is 16.4. The fraction of sp³-hybridized carbons (Fsp3) is 0.364. The van der Waals surface area contributed by atoms with Gasteiger partial charge in [0.15, 0.2) is 16.6 Å². The highest BCUT2D eigenvalue weighted by atomic mass is 32.1. The molecule has 0 unspecified atom stereocenters. The van der Waals surface area contributed by atoms with E-state index >= 15 is 0 Å². The lowest BCUT2D eigenvalue weighted by atomic mass is 9.98. The lowest BCUT2D eigenvalue weighted by molar-refractivity contribution is -0.143. The van der Waals surface area contributed by atoms with Gasteiger partial charge in [0.25, 0.3) is 0 Å². The third kappa shape index (κ3) is 4.15. The van der Waals surface area contributed by atoms with Crippen LogP contribution < -0.4 is 19.7 Å². The molecular weight excluding hydrogens is 420 g/mol. The number of methoxy groups -OCH3 is 2. The number of hydrogen-bond donors (Lipinski definition) is 1. The largest absolute Gasteiger partial charge is 0.493 e. The molecule has 30 heavy (non-hydrogen) atoms. The lowest BCUT2D eigenvalue weighted by Gasteiger charge is -2.37. The van der Waals surface area contributed by atoms with Crippen molar-refractivity contribution in [1.29, 1.82) is 0 Å². The van der Waals surface area contributed by atoms with Crippen LogP contribution in [0.25, 0.3) is 0 Å². The zero-order valence-electron chi connectivity index (χ0n) is 17.9. The Morgan fingerprint density at radius 3 is 2.43 bits per heavy atom. The van der Waals surface area contributed by atoms with E-state index in [4.69, 9.17) is 26.4 Å². The number of aryl methyl sites for hydroxylation is 1. The molecule has 6 nitrogen and oxygen atoms in total. The Labute approximate surface area is 186 Å². The molecular formula is C22H26N2O4S2. The van der Waals surface area contributed by atoms with Gasteiger partial charge in [-0.1, -0.05) is 0 Å². The molecule has 0 amide bonds. The van der Waals surface area contributed by atoms with Gasteiger partial charge in [-0.15, -0.1) is 11.3 Å². The van der Waals surface area contributed by atoms with Crippen LogP contribution in [0.2, 0.25) is 0 Å². The first-order valence-corrected chi connectivity index (χ1v) is 10.9. The van der Waals surface area contributed by atoms with Gasteiger partial charge in [0.1, 0.15) is 0 Å². The number of esters is 1. The van der Waals surface area contributed by atoms with Crippen molar-refractivity contribution in [3.05, 3.63) is 51.4 Å². The zero-order valence-corrected chi connectivity index (χ0v) is 19.6. The van der Waals surface area contributed by atoms with Crippen molar-refractivity contribution in [3.63, 3.8) is 0 Å². The van der Waals surface area contributed by atoms with Gasteiger partial charge in [-0.05, 0) is 69.1 Å². The minimum atomic E-state index is -0.361. The van der Waals surface area contributed by atoms with Crippen molar-refractivity contribution in [2.24, 2.45) is 0 Å². The fourth-order valence-corrected chi connectivity index (χ4v) is 4.78. The highest BCUT2D eigenvalue weighted by molar-refractivity contribution is 7.80. The second-order valence-electron chi connectivity index (χ2n) is 7.18. The molecule has 1 aromatic heterocycles. The number of thiocarbonyl (C=S) groups is 1. The summed E-state index contributed by atoms with van der Waals surface area (Å²) in [6, 6.07) is 7.19. The van der Waals surface area contributed by atoms with Crippen LogP contribution in [0.3, 0.4) is 0 Å². The number of nitrogens with one attached hydrogen (secondary N) is 1. The monoisotopic (exact) mass is 446 g/mol. The van der Waals surface area contributed by atoms with Crippen LogP contribution in [0.5, 0.6) is 11.5 Å². The van der Waals surface area contributed by atoms with Crippen LogP contribution in [0.1, 0.15) is 37.3 Å². The fourth-order valence-electron chi connectivity index (χ4n) is 3.44. The van der Waals surface area contributed by atoms with E-state index in [0.717, 1.165) is 21.8 Å². The first-order chi connectivity index (χ1) is 14.3. The molecule has 0 radical (unpaired) electrons. The minimum absolute atomic E-state index is 0.230. The molecule has 2 aromatic rings. The maximum absolute atomic E-state index is 13.1. The zero-order chi connectivity index (χ0) is 22.0. The molecule has 1 N–H and O–H groups in total. The quantitative estimate of drug-likeness (QED) is 0.508. The van der Waals surface area contributed by atoms with Gasteiger partial charge in [-0.2, -0.15) is 0 Å². The Balaban J connectivity index is 2.14. The normalized spacial score (nSPS) is 16.6. The Morgan fingerprint density at radius 2 is 1.87 bits per heavy atom. The highest BCUT2D eigenvalue weighted by Crippen LogP contribution is 2.39.